The van der Waals surface area contributed by atoms with Crippen LogP contribution in [0.15, 0.2) is 91.0 Å². The molecule has 0 unspecified atom stereocenters. The summed E-state index contributed by atoms with van der Waals surface area (Å²) in [7, 11) is 6.53. The van der Waals surface area contributed by atoms with Crippen LogP contribution in [0, 0.1) is 0 Å². The number of fused-ring (bicyclic) bond motifs is 1. The Labute approximate surface area is 294 Å². The van der Waals surface area contributed by atoms with E-state index in [1.165, 1.54) is 0 Å². The highest BCUT2D eigenvalue weighted by Crippen LogP contribution is 2.37. The van der Waals surface area contributed by atoms with Crippen LogP contribution in [-0.4, -0.2) is 109 Å². The molecule has 0 N–H and O–H groups in total. The molecular weight excluding hydrogens is 644 g/mol. The summed E-state index contributed by atoms with van der Waals surface area (Å²) in [5, 5.41) is 0. The predicted molar refractivity (Wildman–Crippen MR) is 182 cm³/mol. The van der Waals surface area contributed by atoms with Gasteiger partial charge in [0, 0.05) is 35.0 Å². The number of methoxy groups -OCH3 is 4. The Morgan fingerprint density at radius 1 is 0.540 bits per heavy atom. The van der Waals surface area contributed by atoms with E-state index in [-0.39, 0.29) is 12.7 Å². The van der Waals surface area contributed by atoms with E-state index in [1.54, 1.807) is 28.4 Å². The van der Waals surface area contributed by atoms with Crippen LogP contribution in [0.2, 0.25) is 0 Å². The number of hydrogen-bond acceptors (Lipinski definition) is 11. The zero-order valence-electron chi connectivity index (χ0n) is 29.2. The minimum atomic E-state index is -0.896. The molecule has 11 heteroatoms. The van der Waals surface area contributed by atoms with Crippen LogP contribution in [0.1, 0.15) is 23.1 Å². The molecule has 3 fully saturated rings. The van der Waals surface area contributed by atoms with E-state index in [0.29, 0.717) is 32.8 Å². The average Bonchev–Trinajstić information content (AvgIpc) is 3.17. The van der Waals surface area contributed by atoms with E-state index in [1.807, 2.05) is 91.0 Å². The van der Waals surface area contributed by atoms with Gasteiger partial charge in [-0.1, -0.05) is 91.0 Å². The summed E-state index contributed by atoms with van der Waals surface area (Å²) < 4.78 is 69.9. The Morgan fingerprint density at radius 2 is 1.12 bits per heavy atom. The molecule has 3 aromatic carbocycles. The maximum absolute atomic E-state index is 7.00. The van der Waals surface area contributed by atoms with E-state index in [0.717, 1.165) is 16.7 Å². The first-order valence-electron chi connectivity index (χ1n) is 17.2. The van der Waals surface area contributed by atoms with Gasteiger partial charge >= 0.3 is 0 Å². The lowest BCUT2D eigenvalue weighted by Crippen LogP contribution is -2.68. The summed E-state index contributed by atoms with van der Waals surface area (Å²) in [6, 6.07) is 29.9. The topological polar surface area (TPSA) is 102 Å². The number of benzene rings is 3. The monoisotopic (exact) mass is 694 g/mol. The van der Waals surface area contributed by atoms with E-state index >= 15 is 0 Å². The molecule has 0 aliphatic carbocycles. The molecule has 3 heterocycles. The molecule has 3 aromatic rings. The Morgan fingerprint density at radius 3 is 1.68 bits per heavy atom. The maximum atomic E-state index is 7.00. The molecule has 11 nitrogen and oxygen atoms in total. The van der Waals surface area contributed by atoms with Crippen molar-refractivity contribution in [2.24, 2.45) is 0 Å². The van der Waals surface area contributed by atoms with Crippen LogP contribution in [0.3, 0.4) is 0 Å². The van der Waals surface area contributed by atoms with E-state index < -0.39 is 61.4 Å². The van der Waals surface area contributed by atoms with Crippen LogP contribution in [0.5, 0.6) is 0 Å². The van der Waals surface area contributed by atoms with Gasteiger partial charge < -0.3 is 52.1 Å². The lowest BCUT2D eigenvalue weighted by atomic mass is 9.91. The highest BCUT2D eigenvalue weighted by Gasteiger charge is 2.56. The number of rotatable bonds is 16. The zero-order chi connectivity index (χ0) is 34.7. The SMILES string of the molecule is CO[C@H]1O[C@H](COCc2ccccc2)[C@@H](O[C@@H]2O[C@H]3[C@@H](OCC[C@@H]3OC)[C@H](OC)[C@@H]2OC)[C@H](OCc2ccccc2)[C@H]1OCc1ccccc1. The Hall–Kier alpha value is -2.78. The fourth-order valence-corrected chi connectivity index (χ4v) is 6.97. The molecule has 0 saturated carbocycles. The molecule has 3 saturated heterocycles. The lowest BCUT2D eigenvalue weighted by Gasteiger charge is -2.51. The van der Waals surface area contributed by atoms with Crippen molar-refractivity contribution in [3.8, 4) is 0 Å². The molecule has 3 aliphatic heterocycles. The molecule has 0 amide bonds. The van der Waals surface area contributed by atoms with Gasteiger partial charge in [0.15, 0.2) is 12.6 Å². The largest absolute Gasteiger partial charge is 0.379 e. The van der Waals surface area contributed by atoms with Crippen LogP contribution in [0.4, 0.5) is 0 Å². The highest BCUT2D eigenvalue weighted by atomic mass is 16.8. The first-order chi connectivity index (χ1) is 24.6. The molecule has 3 aliphatic rings. The van der Waals surface area contributed by atoms with Crippen LogP contribution in [0.25, 0.3) is 0 Å². The van der Waals surface area contributed by atoms with E-state index in [2.05, 4.69) is 0 Å². The second-order valence-electron chi connectivity index (χ2n) is 12.7. The second kappa shape index (κ2) is 18.6. The van der Waals surface area contributed by atoms with Crippen molar-refractivity contribution in [3.05, 3.63) is 108 Å². The minimum Gasteiger partial charge on any atom is -0.379 e. The molecule has 0 bridgehead atoms. The number of ether oxygens (including phenoxy) is 11. The summed E-state index contributed by atoms with van der Waals surface area (Å²) in [4.78, 5) is 0. The maximum Gasteiger partial charge on any atom is 0.187 e. The van der Waals surface area contributed by atoms with Gasteiger partial charge in [-0.05, 0) is 23.1 Å². The minimum absolute atomic E-state index is 0.184. The first-order valence-corrected chi connectivity index (χ1v) is 17.2. The summed E-state index contributed by atoms with van der Waals surface area (Å²) in [5.41, 5.74) is 3.04. The molecule has 6 rings (SSSR count). The Balaban J connectivity index is 1.32. The molecule has 11 atom stereocenters. The van der Waals surface area contributed by atoms with Crippen LogP contribution < -0.4 is 0 Å². The van der Waals surface area contributed by atoms with Crippen molar-refractivity contribution in [1.82, 2.24) is 0 Å². The first kappa shape index (κ1) is 37.0. The quantitative estimate of drug-likeness (QED) is 0.209. The molecule has 272 valence electrons. The van der Waals surface area contributed by atoms with Gasteiger partial charge in [-0.15, -0.1) is 0 Å². The Bertz CT molecular complexity index is 1380. The Kier molecular flexibility index (Phi) is 13.8. The third kappa shape index (κ3) is 8.98. The van der Waals surface area contributed by atoms with Crippen molar-refractivity contribution in [3.63, 3.8) is 0 Å². The van der Waals surface area contributed by atoms with Crippen molar-refractivity contribution in [1.29, 1.82) is 0 Å². The standard InChI is InChI=1S/C39H50O11/c1-40-29-20-21-45-34-31(29)49-39(36(42-3)33(34)41-2)50-32-30(25-44-22-26-14-8-5-9-15-26)48-38(43-4)37(47-24-28-18-12-7-13-19-28)35(32)46-23-27-16-10-6-11-17-27/h5-19,29-39H,20-25H2,1-4H3/t29-,30+,31+,32+,33-,34+,35-,36-,37+,38-,39-/m0/s1. The van der Waals surface area contributed by atoms with E-state index in [4.69, 9.17) is 52.1 Å². The fraction of sp³-hybridized carbons (Fsp3) is 0.538. The van der Waals surface area contributed by atoms with Crippen LogP contribution >= 0.6 is 0 Å². The van der Waals surface area contributed by atoms with Gasteiger partial charge in [0.25, 0.3) is 0 Å². The molecule has 0 spiro atoms. The highest BCUT2D eigenvalue weighted by molar-refractivity contribution is 5.15. The van der Waals surface area contributed by atoms with E-state index in [9.17, 15) is 0 Å². The fourth-order valence-electron chi connectivity index (χ4n) is 6.97. The molecule has 0 radical (unpaired) electrons. The lowest BCUT2D eigenvalue weighted by molar-refractivity contribution is -0.379. The van der Waals surface area contributed by atoms with Gasteiger partial charge in [-0.3, -0.25) is 0 Å². The summed E-state index contributed by atoms with van der Waals surface area (Å²) in [6.45, 7) is 1.71. The van der Waals surface area contributed by atoms with Gasteiger partial charge in [0.05, 0.1) is 32.5 Å². The van der Waals surface area contributed by atoms with Crippen molar-refractivity contribution in [2.75, 3.05) is 41.7 Å². The van der Waals surface area contributed by atoms with Gasteiger partial charge in [-0.25, -0.2) is 0 Å². The van der Waals surface area contributed by atoms with Gasteiger partial charge in [0.2, 0.25) is 0 Å². The van der Waals surface area contributed by atoms with Crippen LogP contribution in [-0.2, 0) is 71.9 Å². The molecular formula is C39H50O11. The third-order valence-electron chi connectivity index (χ3n) is 9.54. The third-order valence-corrected chi connectivity index (χ3v) is 9.54. The summed E-state index contributed by atoms with van der Waals surface area (Å²) in [5.74, 6) is 0. The van der Waals surface area contributed by atoms with Crippen molar-refractivity contribution < 1.29 is 52.1 Å². The smallest absolute Gasteiger partial charge is 0.187 e. The van der Waals surface area contributed by atoms with Crippen molar-refractivity contribution >= 4 is 0 Å². The predicted octanol–water partition coefficient (Wildman–Crippen LogP) is 4.69. The molecule has 50 heavy (non-hydrogen) atoms. The number of hydrogen-bond donors (Lipinski definition) is 0. The van der Waals surface area contributed by atoms with Gasteiger partial charge in [-0.2, -0.15) is 0 Å². The summed E-state index contributed by atoms with van der Waals surface area (Å²) >= 11 is 0. The van der Waals surface area contributed by atoms with Crippen molar-refractivity contribution in [2.45, 2.75) is 93.8 Å². The summed E-state index contributed by atoms with van der Waals surface area (Å²) in [6.07, 6.45) is -5.94. The normalized spacial score (nSPS) is 32.8. The average molecular weight is 695 g/mol. The zero-order valence-corrected chi connectivity index (χ0v) is 29.2. The molecule has 0 aromatic heterocycles. The van der Waals surface area contributed by atoms with Gasteiger partial charge in [0.1, 0.15) is 48.8 Å². The second-order valence-corrected chi connectivity index (χ2v) is 12.7.